The van der Waals surface area contributed by atoms with Crippen molar-refractivity contribution in [1.82, 2.24) is 16.0 Å². The number of hydrogen-bond acceptors (Lipinski definition) is 7. The molecule has 3 N–H and O–H groups in total. The van der Waals surface area contributed by atoms with Gasteiger partial charge in [0.15, 0.2) is 0 Å². The first-order valence-corrected chi connectivity index (χ1v) is 15.5. The number of unbranched alkanes of at least 4 members (excludes halogenated alkanes) is 1. The van der Waals surface area contributed by atoms with Crippen LogP contribution in [-0.2, 0) is 6.54 Å². The maximum Gasteiger partial charge on any atom is 0.0624 e. The third-order valence-corrected chi connectivity index (χ3v) is 7.26. The van der Waals surface area contributed by atoms with Crippen molar-refractivity contribution in [2.24, 2.45) is 25.9 Å². The largest absolute Gasteiger partial charge is 0.313 e. The molecule has 2 unspecified atom stereocenters. The van der Waals surface area contributed by atoms with E-state index in [2.05, 4.69) is 110 Å². The Balaban J connectivity index is 1.29. The van der Waals surface area contributed by atoms with Crippen molar-refractivity contribution in [3.8, 4) is 0 Å². The highest BCUT2D eigenvalue weighted by molar-refractivity contribution is 5.84. The lowest BCUT2D eigenvalue weighted by atomic mass is 9.98. The summed E-state index contributed by atoms with van der Waals surface area (Å²) >= 11 is 0. The number of rotatable bonds is 7. The van der Waals surface area contributed by atoms with Crippen molar-refractivity contribution in [2.45, 2.75) is 38.3 Å². The van der Waals surface area contributed by atoms with Crippen molar-refractivity contribution >= 4 is 24.9 Å². The lowest BCUT2D eigenvalue weighted by Crippen LogP contribution is -2.28. The zero-order valence-corrected chi connectivity index (χ0v) is 24.9. The highest BCUT2D eigenvalue weighted by Crippen LogP contribution is 2.13. The van der Waals surface area contributed by atoms with E-state index in [1.54, 1.807) is 0 Å². The number of allylic oxidation sites excluding steroid dienone is 4. The molecule has 0 amide bonds. The van der Waals surface area contributed by atoms with E-state index < -0.39 is 0 Å². The first-order chi connectivity index (χ1) is 20.8. The molecule has 2 atom stereocenters. The Labute approximate surface area is 252 Å². The van der Waals surface area contributed by atoms with Crippen molar-refractivity contribution in [3.05, 3.63) is 95.1 Å². The Hall–Kier alpha value is -3.52. The quantitative estimate of drug-likeness (QED) is 0.426. The SMILES string of the molecule is C1=CC2/C=N/CCNCC/N=C/c3ccc(cc3)/C=N/C(CCCCNCc3ccccc3)CNCC/N=C/C1=CC2. The molecule has 2 aromatic carbocycles. The molecule has 0 aromatic heterocycles. The van der Waals surface area contributed by atoms with Crippen LogP contribution in [0.2, 0.25) is 0 Å². The third-order valence-electron chi connectivity index (χ3n) is 7.26. The van der Waals surface area contributed by atoms with E-state index in [1.165, 1.54) is 11.1 Å². The van der Waals surface area contributed by atoms with Crippen LogP contribution < -0.4 is 16.0 Å². The Morgan fingerprint density at radius 2 is 1.50 bits per heavy atom. The second kappa shape index (κ2) is 19.6. The predicted octanol–water partition coefficient (Wildman–Crippen LogP) is 4.69. The van der Waals surface area contributed by atoms with Crippen molar-refractivity contribution in [3.63, 3.8) is 0 Å². The van der Waals surface area contributed by atoms with E-state index >= 15 is 0 Å². The molecular weight excluding hydrogens is 518 g/mol. The molecule has 0 radical (unpaired) electrons. The summed E-state index contributed by atoms with van der Waals surface area (Å²) in [5.74, 6) is 0.371. The molecule has 5 aliphatic rings. The normalized spacial score (nSPS) is 23.7. The van der Waals surface area contributed by atoms with Gasteiger partial charge in [-0.2, -0.15) is 0 Å². The summed E-state index contributed by atoms with van der Waals surface area (Å²) in [5, 5.41) is 10.6. The molecule has 4 aliphatic heterocycles. The number of nitrogens with zero attached hydrogens (tertiary/aromatic N) is 4. The van der Waals surface area contributed by atoms with Crippen LogP contribution in [0.25, 0.3) is 0 Å². The Bertz CT molecular complexity index is 1200. The Kier molecular flexibility index (Phi) is 14.6. The van der Waals surface area contributed by atoms with Crippen molar-refractivity contribution in [2.75, 3.05) is 52.4 Å². The van der Waals surface area contributed by atoms with Crippen LogP contribution in [0.1, 0.15) is 42.4 Å². The van der Waals surface area contributed by atoms with Crippen LogP contribution in [0.4, 0.5) is 0 Å². The molecule has 42 heavy (non-hydrogen) atoms. The highest BCUT2D eigenvalue weighted by atomic mass is 14.9. The molecule has 7 rings (SSSR count). The second-order valence-electron chi connectivity index (χ2n) is 10.8. The Morgan fingerprint density at radius 3 is 2.29 bits per heavy atom. The van der Waals surface area contributed by atoms with E-state index in [-0.39, 0.29) is 6.04 Å². The lowest BCUT2D eigenvalue weighted by Gasteiger charge is -2.14. The zero-order valence-electron chi connectivity index (χ0n) is 24.9. The van der Waals surface area contributed by atoms with E-state index in [9.17, 15) is 0 Å². The van der Waals surface area contributed by atoms with Gasteiger partial charge in [-0.3, -0.25) is 20.0 Å². The van der Waals surface area contributed by atoms with Gasteiger partial charge in [-0.15, -0.1) is 0 Å². The number of nitrogens with one attached hydrogen (secondary N) is 3. The number of hydrogen-bond donors (Lipinski definition) is 3. The van der Waals surface area contributed by atoms with E-state index in [1.807, 2.05) is 18.6 Å². The summed E-state index contributed by atoms with van der Waals surface area (Å²) in [4.78, 5) is 18.8. The maximum absolute atomic E-state index is 4.98. The van der Waals surface area contributed by atoms with Crippen LogP contribution in [0.5, 0.6) is 0 Å². The molecule has 4 heterocycles. The lowest BCUT2D eigenvalue weighted by molar-refractivity contribution is 0.513. The fraction of sp³-hybridized carbons (Fsp3) is 0.429. The average Bonchev–Trinajstić information content (AvgIpc) is 3.03. The summed E-state index contributed by atoms with van der Waals surface area (Å²) in [6.07, 6.45) is 19.0. The fourth-order valence-electron chi connectivity index (χ4n) is 4.78. The first kappa shape index (κ1) is 31.4. The topological polar surface area (TPSA) is 85.5 Å². The minimum atomic E-state index is 0.234. The fourth-order valence-corrected chi connectivity index (χ4v) is 4.78. The summed E-state index contributed by atoms with van der Waals surface area (Å²) in [5.41, 5.74) is 4.73. The van der Waals surface area contributed by atoms with Gasteiger partial charge < -0.3 is 16.0 Å². The van der Waals surface area contributed by atoms with Gasteiger partial charge in [0.05, 0.1) is 25.7 Å². The van der Waals surface area contributed by atoms with E-state index in [4.69, 9.17) is 4.99 Å². The summed E-state index contributed by atoms with van der Waals surface area (Å²) in [7, 11) is 0. The van der Waals surface area contributed by atoms with E-state index in [0.717, 1.165) is 95.7 Å². The summed E-state index contributed by atoms with van der Waals surface area (Å²) in [6, 6.07) is 19.3. The minimum Gasteiger partial charge on any atom is -0.313 e. The molecule has 0 saturated carbocycles. The highest BCUT2D eigenvalue weighted by Gasteiger charge is 2.07. The molecule has 4 bridgehead atoms. The van der Waals surface area contributed by atoms with Gasteiger partial charge in [-0.1, -0.05) is 79.2 Å². The molecular formula is C35H47N7. The van der Waals surface area contributed by atoms with E-state index in [0.29, 0.717) is 5.92 Å². The van der Waals surface area contributed by atoms with Gasteiger partial charge in [-0.05, 0) is 48.1 Å². The number of benzene rings is 2. The molecule has 0 fully saturated rings. The zero-order chi connectivity index (χ0) is 28.9. The van der Waals surface area contributed by atoms with Crippen LogP contribution in [-0.4, -0.2) is 83.3 Å². The van der Waals surface area contributed by atoms with Crippen LogP contribution in [0.15, 0.2) is 98.4 Å². The molecule has 0 spiro atoms. The van der Waals surface area contributed by atoms with Gasteiger partial charge >= 0.3 is 0 Å². The molecule has 0 saturated heterocycles. The average molecular weight is 566 g/mol. The van der Waals surface area contributed by atoms with Crippen LogP contribution in [0, 0.1) is 5.92 Å². The summed E-state index contributed by atoms with van der Waals surface area (Å²) < 4.78 is 0. The number of aliphatic imine (C=N–C) groups is 4. The summed E-state index contributed by atoms with van der Waals surface area (Å²) in [6.45, 7) is 7.65. The molecule has 222 valence electrons. The van der Waals surface area contributed by atoms with Crippen molar-refractivity contribution < 1.29 is 0 Å². The van der Waals surface area contributed by atoms with Gasteiger partial charge in [0, 0.05) is 63.5 Å². The molecule has 7 nitrogen and oxygen atoms in total. The molecule has 1 aliphatic carbocycles. The van der Waals surface area contributed by atoms with Crippen LogP contribution in [0.3, 0.4) is 0 Å². The molecule has 7 heteroatoms. The standard InChI is InChI=1S/C35H47N7/c1-2-6-30(7-3-1)24-37-17-5-4-8-35-29-41-23-22-40-27-32-11-9-31(10-12-32)25-38-20-18-36-19-21-39-26-33-13-15-34(16-14-33)28-42-35/h1-3,6-7,9,11-16,25-28,31,35-37,41H,4-5,8,10,17-24,29H2/b38-25+,39-26+,40-27+,42-28+. The maximum atomic E-state index is 4.98. The van der Waals surface area contributed by atoms with Gasteiger partial charge in [0.1, 0.15) is 0 Å². The predicted molar refractivity (Wildman–Crippen MR) is 180 cm³/mol. The van der Waals surface area contributed by atoms with Gasteiger partial charge in [-0.25, -0.2) is 0 Å². The first-order valence-electron chi connectivity index (χ1n) is 15.5. The third kappa shape index (κ3) is 13.0. The van der Waals surface area contributed by atoms with Gasteiger partial charge in [0.2, 0.25) is 0 Å². The monoisotopic (exact) mass is 565 g/mol. The van der Waals surface area contributed by atoms with Crippen LogP contribution >= 0.6 is 0 Å². The Morgan fingerprint density at radius 1 is 0.762 bits per heavy atom. The van der Waals surface area contributed by atoms with Crippen molar-refractivity contribution in [1.29, 1.82) is 0 Å². The van der Waals surface area contributed by atoms with Gasteiger partial charge in [0.25, 0.3) is 0 Å². The smallest absolute Gasteiger partial charge is 0.0624 e. The molecule has 2 aromatic rings. The second-order valence-corrected chi connectivity index (χ2v) is 10.8. The minimum absolute atomic E-state index is 0.234.